The Hall–Kier alpha value is -1.06. The predicted molar refractivity (Wildman–Crippen MR) is 70.8 cm³/mol. The van der Waals surface area contributed by atoms with Crippen LogP contribution >= 0.6 is 0 Å². The Kier molecular flexibility index (Phi) is 3.04. The lowest BCUT2D eigenvalue weighted by Gasteiger charge is -2.42. The maximum absolute atomic E-state index is 6.38. The third-order valence-electron chi connectivity index (χ3n) is 4.43. The summed E-state index contributed by atoms with van der Waals surface area (Å²) in [6, 6.07) is 6.33. The highest BCUT2D eigenvalue weighted by molar-refractivity contribution is 5.45. The molecule has 0 aromatic heterocycles. The average Bonchev–Trinajstić information content (AvgIpc) is 2.81. The summed E-state index contributed by atoms with van der Waals surface area (Å²) in [7, 11) is 1.80. The van der Waals surface area contributed by atoms with E-state index in [4.69, 9.17) is 15.2 Å². The van der Waals surface area contributed by atoms with Gasteiger partial charge >= 0.3 is 0 Å². The molecule has 18 heavy (non-hydrogen) atoms. The highest BCUT2D eigenvalue weighted by atomic mass is 16.5. The molecule has 2 aliphatic rings. The van der Waals surface area contributed by atoms with Crippen molar-refractivity contribution in [1.82, 2.24) is 0 Å². The molecular weight excluding hydrogens is 226 g/mol. The van der Waals surface area contributed by atoms with Gasteiger partial charge in [0.2, 0.25) is 0 Å². The van der Waals surface area contributed by atoms with Gasteiger partial charge in [0.05, 0.1) is 12.2 Å². The third kappa shape index (κ3) is 1.91. The lowest BCUT2D eigenvalue weighted by atomic mass is 9.74. The Labute approximate surface area is 108 Å². The molecule has 1 atom stereocenters. The minimum absolute atomic E-state index is 0.0123. The molecule has 1 unspecified atom stereocenters. The highest BCUT2D eigenvalue weighted by Crippen LogP contribution is 2.43. The summed E-state index contributed by atoms with van der Waals surface area (Å²) < 4.78 is 11.4. The largest absolute Gasteiger partial charge is 0.493 e. The number of ether oxygens (including phenoxy) is 2. The molecule has 1 saturated carbocycles. The van der Waals surface area contributed by atoms with E-state index >= 15 is 0 Å². The fourth-order valence-electron chi connectivity index (χ4n) is 3.11. The second kappa shape index (κ2) is 4.56. The van der Waals surface area contributed by atoms with Crippen molar-refractivity contribution in [2.75, 3.05) is 13.7 Å². The Balaban J connectivity index is 1.80. The van der Waals surface area contributed by atoms with Crippen molar-refractivity contribution < 1.29 is 9.47 Å². The van der Waals surface area contributed by atoms with Gasteiger partial charge in [-0.15, -0.1) is 0 Å². The first-order valence-electron chi connectivity index (χ1n) is 6.79. The summed E-state index contributed by atoms with van der Waals surface area (Å²) in [5.41, 5.74) is 8.83. The molecule has 1 aromatic carbocycles. The van der Waals surface area contributed by atoms with Crippen molar-refractivity contribution in [3.8, 4) is 5.75 Å². The Bertz CT molecular complexity index is 435. The minimum atomic E-state index is 0.0123. The van der Waals surface area contributed by atoms with Crippen LogP contribution < -0.4 is 10.5 Å². The van der Waals surface area contributed by atoms with E-state index in [0.29, 0.717) is 0 Å². The summed E-state index contributed by atoms with van der Waals surface area (Å²) in [6.45, 7) is 0.786. The van der Waals surface area contributed by atoms with Crippen molar-refractivity contribution in [1.29, 1.82) is 0 Å². The van der Waals surface area contributed by atoms with E-state index in [1.807, 2.05) is 0 Å². The zero-order valence-corrected chi connectivity index (χ0v) is 10.9. The van der Waals surface area contributed by atoms with Crippen LogP contribution in [0.25, 0.3) is 0 Å². The zero-order valence-electron chi connectivity index (χ0n) is 10.9. The number of nitrogens with two attached hydrogens (primary N) is 1. The molecule has 1 heterocycles. The summed E-state index contributed by atoms with van der Waals surface area (Å²) in [6.07, 6.45) is 5.42. The normalized spacial score (nSPS) is 21.9. The van der Waals surface area contributed by atoms with Crippen molar-refractivity contribution in [3.05, 3.63) is 29.3 Å². The molecule has 0 bridgehead atoms. The fourth-order valence-corrected chi connectivity index (χ4v) is 3.11. The molecule has 1 aromatic rings. The maximum Gasteiger partial charge on any atom is 0.127 e. The van der Waals surface area contributed by atoms with Crippen molar-refractivity contribution in [2.24, 2.45) is 5.73 Å². The van der Waals surface area contributed by atoms with Gasteiger partial charge < -0.3 is 15.2 Å². The van der Waals surface area contributed by atoms with Gasteiger partial charge in [0.1, 0.15) is 5.75 Å². The van der Waals surface area contributed by atoms with Crippen LogP contribution in [-0.2, 0) is 11.2 Å². The molecule has 0 radical (unpaired) electrons. The zero-order chi connectivity index (χ0) is 12.6. The Morgan fingerprint density at radius 2 is 2.28 bits per heavy atom. The Morgan fingerprint density at radius 1 is 1.44 bits per heavy atom. The standard InChI is InChI=1S/C15H21NO2/c1-17-15(7-3-8-15)10-13(16)12-5-2-4-11-6-9-18-14(11)12/h2,4-5,13H,3,6-10,16H2,1H3. The second-order valence-electron chi connectivity index (χ2n) is 5.49. The first kappa shape index (κ1) is 12.0. The molecule has 1 aliphatic heterocycles. The lowest BCUT2D eigenvalue weighted by molar-refractivity contribution is -0.0817. The van der Waals surface area contributed by atoms with Gasteiger partial charge in [-0.25, -0.2) is 0 Å². The maximum atomic E-state index is 6.38. The molecule has 0 spiro atoms. The smallest absolute Gasteiger partial charge is 0.127 e. The number of fused-ring (bicyclic) bond motifs is 1. The van der Waals surface area contributed by atoms with Gasteiger partial charge in [0.25, 0.3) is 0 Å². The molecule has 0 amide bonds. The SMILES string of the molecule is COC1(CC(N)c2cccc3c2OCC3)CCC1. The molecule has 1 fully saturated rings. The quantitative estimate of drug-likeness (QED) is 0.889. The number of methoxy groups -OCH3 is 1. The number of benzene rings is 1. The molecule has 3 rings (SSSR count). The van der Waals surface area contributed by atoms with Gasteiger partial charge in [-0.05, 0) is 31.2 Å². The van der Waals surface area contributed by atoms with Crippen molar-refractivity contribution >= 4 is 0 Å². The molecule has 2 N–H and O–H groups in total. The van der Waals surface area contributed by atoms with Crippen LogP contribution in [0.4, 0.5) is 0 Å². The minimum Gasteiger partial charge on any atom is -0.493 e. The molecule has 3 heteroatoms. The van der Waals surface area contributed by atoms with Crippen LogP contribution in [0.5, 0.6) is 5.75 Å². The lowest BCUT2D eigenvalue weighted by Crippen LogP contribution is -2.41. The van der Waals surface area contributed by atoms with E-state index in [0.717, 1.165) is 43.6 Å². The van der Waals surface area contributed by atoms with Gasteiger partial charge in [-0.3, -0.25) is 0 Å². The summed E-state index contributed by atoms with van der Waals surface area (Å²) in [5.74, 6) is 1.02. The van der Waals surface area contributed by atoms with Gasteiger partial charge in [0, 0.05) is 25.1 Å². The van der Waals surface area contributed by atoms with E-state index < -0.39 is 0 Å². The van der Waals surface area contributed by atoms with Crippen molar-refractivity contribution in [3.63, 3.8) is 0 Å². The van der Waals surface area contributed by atoms with Crippen LogP contribution in [0, 0.1) is 0 Å². The average molecular weight is 247 g/mol. The fraction of sp³-hybridized carbons (Fsp3) is 0.600. The highest BCUT2D eigenvalue weighted by Gasteiger charge is 2.39. The second-order valence-corrected chi connectivity index (χ2v) is 5.49. The number of hydrogen-bond donors (Lipinski definition) is 1. The van der Waals surface area contributed by atoms with Crippen LogP contribution in [0.2, 0.25) is 0 Å². The first-order chi connectivity index (χ1) is 8.74. The van der Waals surface area contributed by atoms with E-state index in [2.05, 4.69) is 18.2 Å². The first-order valence-corrected chi connectivity index (χ1v) is 6.79. The monoisotopic (exact) mass is 247 g/mol. The van der Waals surface area contributed by atoms with E-state index in [-0.39, 0.29) is 11.6 Å². The van der Waals surface area contributed by atoms with Crippen LogP contribution in [-0.4, -0.2) is 19.3 Å². The Morgan fingerprint density at radius 3 is 2.94 bits per heavy atom. The van der Waals surface area contributed by atoms with Crippen LogP contribution in [0.1, 0.15) is 42.9 Å². The van der Waals surface area contributed by atoms with Gasteiger partial charge in [-0.2, -0.15) is 0 Å². The molecule has 1 aliphatic carbocycles. The van der Waals surface area contributed by atoms with Crippen LogP contribution in [0.3, 0.4) is 0 Å². The summed E-state index contributed by atoms with van der Waals surface area (Å²) in [5, 5.41) is 0. The number of para-hydroxylation sites is 1. The molecule has 98 valence electrons. The molecular formula is C15H21NO2. The van der Waals surface area contributed by atoms with Gasteiger partial charge in [0.15, 0.2) is 0 Å². The van der Waals surface area contributed by atoms with E-state index in [1.54, 1.807) is 7.11 Å². The van der Waals surface area contributed by atoms with E-state index in [9.17, 15) is 0 Å². The predicted octanol–water partition coefficient (Wildman–Crippen LogP) is 2.58. The third-order valence-corrected chi connectivity index (χ3v) is 4.43. The number of rotatable bonds is 4. The molecule has 3 nitrogen and oxygen atoms in total. The topological polar surface area (TPSA) is 44.5 Å². The van der Waals surface area contributed by atoms with Crippen LogP contribution in [0.15, 0.2) is 18.2 Å². The summed E-state index contributed by atoms with van der Waals surface area (Å²) >= 11 is 0. The summed E-state index contributed by atoms with van der Waals surface area (Å²) in [4.78, 5) is 0. The number of hydrogen-bond acceptors (Lipinski definition) is 3. The van der Waals surface area contributed by atoms with E-state index in [1.165, 1.54) is 12.0 Å². The van der Waals surface area contributed by atoms with Crippen molar-refractivity contribution in [2.45, 2.75) is 43.7 Å². The van der Waals surface area contributed by atoms with Gasteiger partial charge in [-0.1, -0.05) is 18.2 Å². The molecule has 0 saturated heterocycles.